The molecule has 1 amide bonds. The van der Waals surface area contributed by atoms with E-state index in [9.17, 15) is 24.0 Å². The Morgan fingerprint density at radius 2 is 1.13 bits per heavy atom. The highest BCUT2D eigenvalue weighted by atomic mass is 79.9. The van der Waals surface area contributed by atoms with Gasteiger partial charge in [-0.3, -0.25) is 33.4 Å². The van der Waals surface area contributed by atoms with Crippen LogP contribution in [-0.4, -0.2) is 96.1 Å². The van der Waals surface area contributed by atoms with Crippen molar-refractivity contribution in [1.82, 2.24) is 14.4 Å². The van der Waals surface area contributed by atoms with Gasteiger partial charge >= 0.3 is 17.9 Å². The highest BCUT2D eigenvalue weighted by molar-refractivity contribution is 9.10. The average molecular weight is 1130 g/mol. The molecular formula is C65H102BrN3O8. The molecule has 1 aliphatic heterocycles. The number of aromatic nitrogens is 1. The number of carbonyl (C=O) groups is 5. The van der Waals surface area contributed by atoms with Gasteiger partial charge in [0.05, 0.1) is 16.0 Å². The van der Waals surface area contributed by atoms with Crippen molar-refractivity contribution < 1.29 is 38.2 Å². The van der Waals surface area contributed by atoms with Crippen LogP contribution in [-0.2, 0) is 39.8 Å². The van der Waals surface area contributed by atoms with Crippen LogP contribution < -0.4 is 0 Å². The minimum Gasteiger partial charge on any atom is -0.462 e. The molecule has 0 radical (unpaired) electrons. The Labute approximate surface area is 474 Å². The van der Waals surface area contributed by atoms with Gasteiger partial charge < -0.3 is 19.1 Å². The molecule has 2 aromatic rings. The lowest BCUT2D eigenvalue weighted by molar-refractivity contribution is -0.167. The van der Waals surface area contributed by atoms with E-state index in [1.807, 2.05) is 37.8 Å². The fourth-order valence-electron chi connectivity index (χ4n) is 11.1. The lowest BCUT2D eigenvalue weighted by Crippen LogP contribution is -2.47. The first-order valence-corrected chi connectivity index (χ1v) is 31.6. The number of amides is 1. The Morgan fingerprint density at radius 1 is 0.649 bits per heavy atom. The third-order valence-electron chi connectivity index (χ3n) is 15.6. The normalized spacial score (nSPS) is 15.8. The molecule has 77 heavy (non-hydrogen) atoms. The number of esters is 3. The summed E-state index contributed by atoms with van der Waals surface area (Å²) < 4.78 is 19.5. The lowest BCUT2D eigenvalue weighted by Gasteiger charge is -2.40. The van der Waals surface area contributed by atoms with Crippen LogP contribution >= 0.6 is 15.9 Å². The summed E-state index contributed by atoms with van der Waals surface area (Å²) in [5, 5.41) is 1.01. The quantitative estimate of drug-likeness (QED) is 0.0277. The number of benzene rings is 1. The third kappa shape index (κ3) is 23.7. The largest absolute Gasteiger partial charge is 0.462 e. The van der Waals surface area contributed by atoms with Crippen LogP contribution in [0.4, 0.5) is 0 Å². The van der Waals surface area contributed by atoms with Gasteiger partial charge in [-0.25, -0.2) is 0 Å². The summed E-state index contributed by atoms with van der Waals surface area (Å²) in [5.41, 5.74) is 4.00. The highest BCUT2D eigenvalue weighted by Crippen LogP contribution is 2.45. The molecule has 0 bridgehead atoms. The first-order chi connectivity index (χ1) is 37.4. The van der Waals surface area contributed by atoms with Gasteiger partial charge in [0.1, 0.15) is 13.2 Å². The number of carbonyl (C=O) groups excluding carboxylic acids is 5. The van der Waals surface area contributed by atoms with Gasteiger partial charge in [0.15, 0.2) is 6.10 Å². The first kappa shape index (κ1) is 65.5. The molecule has 0 saturated carbocycles. The van der Waals surface area contributed by atoms with Gasteiger partial charge in [-0.2, -0.15) is 0 Å². The number of nitrogens with zero attached hydrogens (tertiary/aromatic N) is 3. The molecule has 0 N–H and O–H groups in total. The molecule has 1 aromatic heterocycles. The summed E-state index contributed by atoms with van der Waals surface area (Å²) >= 11 is 3.82. The van der Waals surface area contributed by atoms with Crippen LogP contribution in [0.3, 0.4) is 0 Å². The van der Waals surface area contributed by atoms with Crippen molar-refractivity contribution >= 4 is 62.1 Å². The van der Waals surface area contributed by atoms with Crippen LogP contribution in [0.1, 0.15) is 243 Å². The van der Waals surface area contributed by atoms with Crippen LogP contribution in [0.5, 0.6) is 0 Å². The minimum absolute atomic E-state index is 0.0510. The van der Waals surface area contributed by atoms with Crippen molar-refractivity contribution in [2.24, 2.45) is 11.8 Å². The molecule has 0 spiro atoms. The molecule has 3 atom stereocenters. The Balaban J connectivity index is 1.26. The van der Waals surface area contributed by atoms with Crippen molar-refractivity contribution in [3.63, 3.8) is 0 Å². The van der Waals surface area contributed by atoms with Crippen LogP contribution in [0.15, 0.2) is 53.2 Å². The zero-order chi connectivity index (χ0) is 55.6. The van der Waals surface area contributed by atoms with E-state index in [0.29, 0.717) is 30.7 Å². The van der Waals surface area contributed by atoms with E-state index in [1.165, 1.54) is 89.9 Å². The second kappa shape index (κ2) is 38.6. The third-order valence-corrected chi connectivity index (χ3v) is 16.5. The molecule has 432 valence electrons. The van der Waals surface area contributed by atoms with Crippen molar-refractivity contribution in [2.45, 2.75) is 246 Å². The van der Waals surface area contributed by atoms with E-state index in [-0.39, 0.29) is 80.5 Å². The molecule has 12 heteroatoms. The zero-order valence-corrected chi connectivity index (χ0v) is 50.5. The fourth-order valence-corrected chi connectivity index (χ4v) is 11.8. The van der Waals surface area contributed by atoms with Gasteiger partial charge in [0.25, 0.3) is 0 Å². The average Bonchev–Trinajstić information content (AvgIpc) is 3.81. The number of unbranched alkanes of at least 4 members (excludes halogenated alkanes) is 22. The Morgan fingerprint density at radius 3 is 1.62 bits per heavy atom. The fraction of sp³-hybridized carbons (Fsp3) is 0.708. The molecule has 1 aromatic carbocycles. The second-order valence-corrected chi connectivity index (χ2v) is 23.0. The van der Waals surface area contributed by atoms with Crippen molar-refractivity contribution in [1.29, 1.82) is 0 Å². The molecule has 1 aliphatic carbocycles. The maximum Gasteiger partial charge on any atom is 0.306 e. The maximum absolute atomic E-state index is 14.3. The topological polar surface area (TPSA) is 124 Å². The molecule has 0 fully saturated rings. The van der Waals surface area contributed by atoms with E-state index >= 15 is 0 Å². The summed E-state index contributed by atoms with van der Waals surface area (Å²) in [4.78, 5) is 71.3. The predicted octanol–water partition coefficient (Wildman–Crippen LogP) is 16.3. The molecule has 2 aliphatic rings. The van der Waals surface area contributed by atoms with Crippen LogP contribution in [0, 0.1) is 11.8 Å². The highest BCUT2D eigenvalue weighted by Gasteiger charge is 2.39. The Bertz CT molecular complexity index is 2100. The van der Waals surface area contributed by atoms with E-state index in [4.69, 9.17) is 14.2 Å². The van der Waals surface area contributed by atoms with E-state index in [1.54, 1.807) is 4.57 Å². The summed E-state index contributed by atoms with van der Waals surface area (Å²) in [6, 6.07) is 6.08. The van der Waals surface area contributed by atoms with Gasteiger partial charge in [-0.15, -0.1) is 0 Å². The molecule has 0 saturated heterocycles. The Hall–Kier alpha value is -4.03. The molecule has 2 heterocycles. The number of hydrogen-bond donors (Lipinski definition) is 0. The van der Waals surface area contributed by atoms with Gasteiger partial charge in [0, 0.05) is 56.7 Å². The summed E-state index contributed by atoms with van der Waals surface area (Å²) in [6.07, 6.45) is 42.1. The lowest BCUT2D eigenvalue weighted by atomic mass is 9.79. The van der Waals surface area contributed by atoms with Crippen LogP contribution in [0.2, 0.25) is 0 Å². The predicted molar refractivity (Wildman–Crippen MR) is 319 cm³/mol. The summed E-state index contributed by atoms with van der Waals surface area (Å²) in [7, 11) is 2.07. The van der Waals surface area contributed by atoms with E-state index in [0.717, 1.165) is 105 Å². The first-order valence-electron chi connectivity index (χ1n) is 30.8. The van der Waals surface area contributed by atoms with Gasteiger partial charge in [-0.05, 0) is 136 Å². The number of halogens is 1. The SMILES string of the molecule is CCCCCCCC/C=C\CCCCCCCC(=O)OCC(COC(=O)CCCCCCC/C=C\CCCCCCCC)OC(=O)CC(C)CC(=O)n1c(Br)c2c3c(cccc31)C1=C[C@@H](C(=O)N(CC)CC)CN(C)C1C2. The number of ether oxygens (including phenoxy) is 3. The number of likely N-dealkylation sites (N-methyl/N-ethyl adjacent to an activating group) is 1. The number of rotatable bonds is 42. The van der Waals surface area contributed by atoms with E-state index < -0.39 is 12.1 Å². The molecular weight excluding hydrogens is 1030 g/mol. The Kier molecular flexibility index (Phi) is 32.8. The van der Waals surface area contributed by atoms with Crippen molar-refractivity contribution in [3.05, 3.63) is 64.3 Å². The molecule has 4 rings (SSSR count). The van der Waals surface area contributed by atoms with Crippen molar-refractivity contribution in [2.75, 3.05) is 39.9 Å². The summed E-state index contributed by atoms with van der Waals surface area (Å²) in [6.45, 7) is 11.9. The summed E-state index contributed by atoms with van der Waals surface area (Å²) in [5.74, 6) is -1.94. The minimum atomic E-state index is -0.968. The van der Waals surface area contributed by atoms with Crippen LogP contribution in [0.25, 0.3) is 16.5 Å². The number of fused-ring (bicyclic) bond motifs is 2. The standard InChI is InChI=1S/C65H102BrN3O8/c1-7-11-13-15-17-19-21-23-25-27-29-31-33-35-37-42-60(71)75-49-53(50-76-61(72)43-38-36-34-32-30-28-26-24-22-20-18-16-14-12-8-2)77-62(73)45-51(5)44-59(70)69-57-41-39-40-54-55-46-52(65(74)68(9-3)10-4)48-67(6)58(55)47-56(63(54)57)64(69)66/h23-26,39-41,46,51-53,58H,7-22,27-38,42-45,47-50H2,1-6H3/b25-23-,26-24-/t51?,52-,58?/m1/s1. The maximum atomic E-state index is 14.3. The van der Waals surface area contributed by atoms with Crippen molar-refractivity contribution in [3.8, 4) is 0 Å². The number of allylic oxidation sites excluding steroid dienone is 4. The second-order valence-electron chi connectivity index (χ2n) is 22.3. The monoisotopic (exact) mass is 1130 g/mol. The smallest absolute Gasteiger partial charge is 0.306 e. The van der Waals surface area contributed by atoms with E-state index in [2.05, 4.69) is 78.2 Å². The zero-order valence-electron chi connectivity index (χ0n) is 48.9. The molecule has 11 nitrogen and oxygen atoms in total. The molecule has 2 unspecified atom stereocenters. The van der Waals surface area contributed by atoms with Gasteiger partial charge in [0.2, 0.25) is 11.8 Å². The number of hydrogen-bond acceptors (Lipinski definition) is 9. The van der Waals surface area contributed by atoms with Gasteiger partial charge in [-0.1, -0.05) is 166 Å².